The molecule has 0 bridgehead atoms. The number of ether oxygens (including phenoxy) is 1. The fraction of sp³-hybridized carbons (Fsp3) is 0.750. The molecule has 0 aromatic carbocycles. The van der Waals surface area contributed by atoms with E-state index in [-0.39, 0.29) is 6.61 Å². The first-order valence-corrected chi connectivity index (χ1v) is 6.30. The van der Waals surface area contributed by atoms with Crippen molar-refractivity contribution in [1.82, 2.24) is 15.1 Å². The number of aliphatic hydroxyl groups excluding tert-OH is 1. The maximum Gasteiger partial charge on any atom is 0.0698 e. The van der Waals surface area contributed by atoms with Crippen LogP contribution in [0.3, 0.4) is 0 Å². The zero-order valence-electron chi connectivity index (χ0n) is 10.1. The molecule has 1 aliphatic rings. The number of aromatic nitrogens is 2. The van der Waals surface area contributed by atoms with Crippen LogP contribution in [0.4, 0.5) is 0 Å². The largest absolute Gasteiger partial charge is 0.394 e. The molecule has 5 nitrogen and oxygen atoms in total. The van der Waals surface area contributed by atoms with Crippen molar-refractivity contribution in [3.63, 3.8) is 0 Å². The normalized spacial score (nSPS) is 21.8. The van der Waals surface area contributed by atoms with Crippen LogP contribution in [0.25, 0.3) is 0 Å². The second-order valence-electron chi connectivity index (χ2n) is 4.51. The molecule has 96 valence electrons. The molecule has 0 radical (unpaired) electrons. The molecule has 2 heterocycles. The molecule has 5 heteroatoms. The lowest BCUT2D eigenvalue weighted by Crippen LogP contribution is -2.36. The molecule has 1 unspecified atom stereocenters. The second kappa shape index (κ2) is 6.74. The minimum absolute atomic E-state index is 0.109. The highest BCUT2D eigenvalue weighted by molar-refractivity contribution is 5.11. The van der Waals surface area contributed by atoms with Gasteiger partial charge in [0.1, 0.15) is 0 Å². The van der Waals surface area contributed by atoms with Gasteiger partial charge in [0, 0.05) is 19.3 Å². The maximum atomic E-state index is 8.62. The minimum Gasteiger partial charge on any atom is -0.394 e. The molecule has 0 saturated carbocycles. The molecule has 1 saturated heterocycles. The van der Waals surface area contributed by atoms with Crippen molar-refractivity contribution in [3.8, 4) is 0 Å². The number of hydrogen-bond acceptors (Lipinski definition) is 4. The van der Waals surface area contributed by atoms with Gasteiger partial charge in [-0.15, -0.1) is 0 Å². The van der Waals surface area contributed by atoms with Crippen molar-refractivity contribution >= 4 is 0 Å². The summed E-state index contributed by atoms with van der Waals surface area (Å²) in [5.41, 5.74) is 1.31. The Hall–Kier alpha value is -0.910. The van der Waals surface area contributed by atoms with Crippen LogP contribution in [0.15, 0.2) is 12.4 Å². The van der Waals surface area contributed by atoms with Crippen molar-refractivity contribution in [1.29, 1.82) is 0 Å². The molecule has 1 aromatic rings. The molecule has 0 spiro atoms. The Morgan fingerprint density at radius 1 is 1.53 bits per heavy atom. The van der Waals surface area contributed by atoms with E-state index in [4.69, 9.17) is 9.84 Å². The molecule has 1 aromatic heterocycles. The highest BCUT2D eigenvalue weighted by atomic mass is 16.5. The number of H-pyrrole nitrogens is 1. The number of aromatic amines is 1. The highest BCUT2D eigenvalue weighted by Crippen LogP contribution is 2.25. The van der Waals surface area contributed by atoms with E-state index in [1.54, 1.807) is 0 Å². The SMILES string of the molecule is OCCOCCN1CCCC(c2cn[nH]c2)C1. The molecule has 17 heavy (non-hydrogen) atoms. The van der Waals surface area contributed by atoms with Gasteiger partial charge in [0.05, 0.1) is 26.0 Å². The monoisotopic (exact) mass is 239 g/mol. The van der Waals surface area contributed by atoms with E-state index in [1.165, 1.54) is 18.4 Å². The molecule has 1 fully saturated rings. The highest BCUT2D eigenvalue weighted by Gasteiger charge is 2.21. The Morgan fingerprint density at radius 3 is 3.24 bits per heavy atom. The third kappa shape index (κ3) is 3.80. The lowest BCUT2D eigenvalue weighted by Gasteiger charge is -2.32. The predicted molar refractivity (Wildman–Crippen MR) is 64.9 cm³/mol. The molecule has 2 N–H and O–H groups in total. The Kier molecular flexibility index (Phi) is 4.97. The minimum atomic E-state index is 0.109. The number of nitrogens with one attached hydrogen (secondary N) is 1. The number of aliphatic hydroxyl groups is 1. The van der Waals surface area contributed by atoms with E-state index in [0.717, 1.165) is 19.6 Å². The van der Waals surface area contributed by atoms with Gasteiger partial charge < -0.3 is 14.7 Å². The van der Waals surface area contributed by atoms with Crippen molar-refractivity contribution in [2.75, 3.05) is 39.5 Å². The third-order valence-electron chi connectivity index (χ3n) is 3.28. The van der Waals surface area contributed by atoms with Crippen LogP contribution in [0.2, 0.25) is 0 Å². The van der Waals surface area contributed by atoms with Crippen LogP contribution in [0.1, 0.15) is 24.3 Å². The summed E-state index contributed by atoms with van der Waals surface area (Å²) < 4.78 is 5.30. The van der Waals surface area contributed by atoms with Crippen LogP contribution < -0.4 is 0 Å². The Morgan fingerprint density at radius 2 is 2.47 bits per heavy atom. The van der Waals surface area contributed by atoms with Gasteiger partial charge in [-0.25, -0.2) is 0 Å². The average molecular weight is 239 g/mol. The molecule has 2 rings (SSSR count). The van der Waals surface area contributed by atoms with Crippen molar-refractivity contribution in [2.45, 2.75) is 18.8 Å². The first-order chi connectivity index (χ1) is 8.40. The molecular weight excluding hydrogens is 218 g/mol. The van der Waals surface area contributed by atoms with Crippen molar-refractivity contribution in [2.24, 2.45) is 0 Å². The summed E-state index contributed by atoms with van der Waals surface area (Å²) >= 11 is 0. The summed E-state index contributed by atoms with van der Waals surface area (Å²) in [5.74, 6) is 0.598. The lowest BCUT2D eigenvalue weighted by atomic mass is 9.93. The molecule has 0 aliphatic carbocycles. The first-order valence-electron chi connectivity index (χ1n) is 6.30. The maximum absolute atomic E-state index is 8.62. The van der Waals surface area contributed by atoms with Gasteiger partial charge in [-0.1, -0.05) is 0 Å². The summed E-state index contributed by atoms with van der Waals surface area (Å²) in [5, 5.41) is 15.5. The van der Waals surface area contributed by atoms with E-state index in [1.807, 2.05) is 12.4 Å². The van der Waals surface area contributed by atoms with Crippen LogP contribution in [-0.2, 0) is 4.74 Å². The average Bonchev–Trinajstić information content (AvgIpc) is 2.89. The Bertz CT molecular complexity index is 303. The van der Waals surface area contributed by atoms with Crippen LogP contribution >= 0.6 is 0 Å². The summed E-state index contributed by atoms with van der Waals surface area (Å²) in [6.07, 6.45) is 6.40. The molecular formula is C12H21N3O2. The molecule has 0 amide bonds. The summed E-state index contributed by atoms with van der Waals surface area (Å²) in [6.45, 7) is 4.45. The van der Waals surface area contributed by atoms with E-state index in [9.17, 15) is 0 Å². The van der Waals surface area contributed by atoms with Crippen LogP contribution in [-0.4, -0.2) is 59.7 Å². The Balaban J connectivity index is 1.73. The predicted octanol–water partition coefficient (Wildman–Crippen LogP) is 0.598. The number of hydrogen-bond donors (Lipinski definition) is 2. The molecule has 1 atom stereocenters. The van der Waals surface area contributed by atoms with Crippen LogP contribution in [0, 0.1) is 0 Å². The van der Waals surface area contributed by atoms with Crippen LogP contribution in [0.5, 0.6) is 0 Å². The van der Waals surface area contributed by atoms with Gasteiger partial charge in [-0.05, 0) is 30.9 Å². The number of nitrogens with zero attached hydrogens (tertiary/aromatic N) is 2. The summed E-state index contributed by atoms with van der Waals surface area (Å²) in [7, 11) is 0. The third-order valence-corrected chi connectivity index (χ3v) is 3.28. The number of rotatable bonds is 6. The fourth-order valence-corrected chi connectivity index (χ4v) is 2.38. The number of piperidine rings is 1. The van der Waals surface area contributed by atoms with Gasteiger partial charge in [-0.2, -0.15) is 5.10 Å². The quantitative estimate of drug-likeness (QED) is 0.714. The van der Waals surface area contributed by atoms with E-state index in [0.29, 0.717) is 19.1 Å². The second-order valence-corrected chi connectivity index (χ2v) is 4.51. The van der Waals surface area contributed by atoms with E-state index in [2.05, 4.69) is 15.1 Å². The zero-order valence-corrected chi connectivity index (χ0v) is 10.1. The first kappa shape index (κ1) is 12.5. The topological polar surface area (TPSA) is 61.4 Å². The van der Waals surface area contributed by atoms with Gasteiger partial charge >= 0.3 is 0 Å². The van der Waals surface area contributed by atoms with Crippen molar-refractivity contribution in [3.05, 3.63) is 18.0 Å². The standard InChI is InChI=1S/C12H21N3O2/c16-5-7-17-6-4-15-3-1-2-11(10-15)12-8-13-14-9-12/h8-9,11,16H,1-7,10H2,(H,13,14). The van der Waals surface area contributed by atoms with Gasteiger partial charge in [0.25, 0.3) is 0 Å². The van der Waals surface area contributed by atoms with E-state index < -0.39 is 0 Å². The zero-order chi connectivity index (χ0) is 11.9. The number of likely N-dealkylation sites (tertiary alicyclic amines) is 1. The molecule has 1 aliphatic heterocycles. The van der Waals surface area contributed by atoms with Crippen molar-refractivity contribution < 1.29 is 9.84 Å². The van der Waals surface area contributed by atoms with Gasteiger partial charge in [0.2, 0.25) is 0 Å². The van der Waals surface area contributed by atoms with Gasteiger partial charge in [0.15, 0.2) is 0 Å². The Labute approximate surface area is 102 Å². The summed E-state index contributed by atoms with van der Waals surface area (Å²) in [4.78, 5) is 2.43. The van der Waals surface area contributed by atoms with Gasteiger partial charge in [-0.3, -0.25) is 5.10 Å². The van der Waals surface area contributed by atoms with E-state index >= 15 is 0 Å². The smallest absolute Gasteiger partial charge is 0.0698 e. The lowest BCUT2D eigenvalue weighted by molar-refractivity contribution is 0.0672. The summed E-state index contributed by atoms with van der Waals surface area (Å²) in [6, 6.07) is 0. The fourth-order valence-electron chi connectivity index (χ4n) is 2.38.